The van der Waals surface area contributed by atoms with Crippen molar-refractivity contribution in [1.82, 2.24) is 9.80 Å². The van der Waals surface area contributed by atoms with Crippen LogP contribution in [0.5, 0.6) is 0 Å². The van der Waals surface area contributed by atoms with E-state index >= 15 is 0 Å². The second-order valence-electron chi connectivity index (χ2n) is 8.46. The second kappa shape index (κ2) is 8.71. The van der Waals surface area contributed by atoms with Gasteiger partial charge in [-0.2, -0.15) is 0 Å². The Bertz CT molecular complexity index is 1110. The van der Waals surface area contributed by atoms with E-state index in [1.807, 2.05) is 18.2 Å². The molecule has 32 heavy (non-hydrogen) atoms. The molecule has 1 atom stereocenters. The van der Waals surface area contributed by atoms with Crippen LogP contribution in [0, 0.1) is 11.6 Å². The minimum atomic E-state index is -0.677. The van der Waals surface area contributed by atoms with Gasteiger partial charge < -0.3 is 10.2 Å². The van der Waals surface area contributed by atoms with E-state index < -0.39 is 12.0 Å². The van der Waals surface area contributed by atoms with Gasteiger partial charge in [0.25, 0.3) is 5.91 Å². The minimum Gasteiger partial charge on any atom is -0.361 e. The maximum atomic E-state index is 14.7. The van der Waals surface area contributed by atoms with E-state index in [0.717, 1.165) is 32.5 Å². The van der Waals surface area contributed by atoms with Crippen LogP contribution < -0.4 is 5.32 Å². The zero-order chi connectivity index (χ0) is 22.1. The topological polar surface area (TPSA) is 35.6 Å². The summed E-state index contributed by atoms with van der Waals surface area (Å²) in [7, 11) is 0. The summed E-state index contributed by atoms with van der Waals surface area (Å²) in [5.41, 5.74) is 2.48. The number of benzene rings is 3. The van der Waals surface area contributed by atoms with Gasteiger partial charge in [-0.15, -0.1) is 0 Å². The number of carbonyl (C=O) groups excluding carboxylic acids is 1. The third kappa shape index (κ3) is 3.98. The number of nitrogens with one attached hydrogen (secondary N) is 1. The molecule has 1 fully saturated rings. The van der Waals surface area contributed by atoms with Crippen molar-refractivity contribution in [2.75, 3.05) is 18.4 Å². The summed E-state index contributed by atoms with van der Waals surface area (Å²) in [5, 5.41) is 3.24. The number of hydrogen-bond donors (Lipinski definition) is 1. The molecule has 2 aliphatic heterocycles. The number of nitrogens with zero attached hydrogens (tertiary/aromatic N) is 2. The molecule has 6 heteroatoms. The normalized spacial score (nSPS) is 19.5. The molecule has 2 aliphatic rings. The fourth-order valence-electron chi connectivity index (χ4n) is 4.79. The molecule has 164 valence electrons. The standard InChI is InChI=1S/C26H25F2N3O/c27-19-10-11-22-24(16-19)29-25(21-8-4-5-9-23(21)28)31(26(22)32)20-12-14-30(15-13-20)17-18-6-2-1-3-7-18/h1-11,16,20,25,29H,12-15,17H2. The van der Waals surface area contributed by atoms with Crippen LogP contribution in [-0.4, -0.2) is 34.8 Å². The van der Waals surface area contributed by atoms with Gasteiger partial charge in [-0.05, 0) is 42.7 Å². The molecule has 0 aliphatic carbocycles. The SMILES string of the molecule is O=C1c2ccc(F)cc2NC(c2ccccc2F)N1C1CCN(Cc2ccccc2)CC1. The quantitative estimate of drug-likeness (QED) is 0.615. The number of carbonyl (C=O) groups is 1. The zero-order valence-corrected chi connectivity index (χ0v) is 17.7. The predicted molar refractivity (Wildman–Crippen MR) is 120 cm³/mol. The van der Waals surface area contributed by atoms with Crippen LogP contribution in [-0.2, 0) is 6.54 Å². The van der Waals surface area contributed by atoms with Gasteiger partial charge in [0, 0.05) is 31.2 Å². The predicted octanol–water partition coefficient (Wildman–Crippen LogP) is 5.20. The molecule has 0 aromatic heterocycles. The smallest absolute Gasteiger partial charge is 0.258 e. The molecule has 1 saturated heterocycles. The molecule has 5 rings (SSSR count). The van der Waals surface area contributed by atoms with Gasteiger partial charge >= 0.3 is 0 Å². The maximum absolute atomic E-state index is 14.7. The molecule has 1 amide bonds. The van der Waals surface area contributed by atoms with Crippen molar-refractivity contribution in [2.45, 2.75) is 31.6 Å². The molecule has 3 aromatic rings. The molecule has 2 heterocycles. The number of likely N-dealkylation sites (tertiary alicyclic amines) is 1. The van der Waals surface area contributed by atoms with Crippen molar-refractivity contribution in [3.8, 4) is 0 Å². The van der Waals surface area contributed by atoms with Gasteiger partial charge in [-0.1, -0.05) is 48.5 Å². The van der Waals surface area contributed by atoms with E-state index in [-0.39, 0.29) is 17.8 Å². The molecule has 0 bridgehead atoms. The highest BCUT2D eigenvalue weighted by molar-refractivity contribution is 6.02. The summed E-state index contributed by atoms with van der Waals surface area (Å²) in [6.45, 7) is 2.58. The number of halogens is 2. The fraction of sp³-hybridized carbons (Fsp3) is 0.269. The molecule has 0 spiro atoms. The largest absolute Gasteiger partial charge is 0.361 e. The molecule has 3 aromatic carbocycles. The monoisotopic (exact) mass is 433 g/mol. The summed E-state index contributed by atoms with van der Waals surface area (Å²) in [4.78, 5) is 17.7. The van der Waals surface area contributed by atoms with E-state index in [9.17, 15) is 13.6 Å². The molecular formula is C26H25F2N3O. The van der Waals surface area contributed by atoms with Gasteiger partial charge in [0.1, 0.15) is 17.8 Å². The minimum absolute atomic E-state index is 0.0372. The van der Waals surface area contributed by atoms with Crippen molar-refractivity contribution in [3.05, 3.63) is 101 Å². The molecule has 0 radical (unpaired) electrons. The van der Waals surface area contributed by atoms with E-state index in [4.69, 9.17) is 0 Å². The molecule has 0 saturated carbocycles. The lowest BCUT2D eigenvalue weighted by atomic mass is 9.96. The van der Waals surface area contributed by atoms with Crippen molar-refractivity contribution < 1.29 is 13.6 Å². The average Bonchev–Trinajstić information content (AvgIpc) is 2.80. The Morgan fingerprint density at radius 2 is 1.62 bits per heavy atom. The number of anilines is 1. The summed E-state index contributed by atoms with van der Waals surface area (Å²) < 4.78 is 28.6. The maximum Gasteiger partial charge on any atom is 0.258 e. The van der Waals surface area contributed by atoms with Crippen LogP contribution in [0.2, 0.25) is 0 Å². The Morgan fingerprint density at radius 1 is 0.906 bits per heavy atom. The zero-order valence-electron chi connectivity index (χ0n) is 17.7. The summed E-state index contributed by atoms with van der Waals surface area (Å²) in [6.07, 6.45) is 0.910. The third-order valence-corrected chi connectivity index (χ3v) is 6.42. The van der Waals surface area contributed by atoms with Gasteiger partial charge in [0.2, 0.25) is 0 Å². The first kappa shape index (κ1) is 20.6. The number of hydrogen-bond acceptors (Lipinski definition) is 3. The average molecular weight is 434 g/mol. The highest BCUT2D eigenvalue weighted by Crippen LogP contribution is 2.38. The van der Waals surface area contributed by atoms with Crippen LogP contribution in [0.4, 0.5) is 14.5 Å². The van der Waals surface area contributed by atoms with Gasteiger partial charge in [0.15, 0.2) is 0 Å². The van der Waals surface area contributed by atoms with Crippen LogP contribution in [0.25, 0.3) is 0 Å². The molecular weight excluding hydrogens is 408 g/mol. The van der Waals surface area contributed by atoms with Crippen LogP contribution in [0.3, 0.4) is 0 Å². The van der Waals surface area contributed by atoms with Crippen molar-refractivity contribution in [1.29, 1.82) is 0 Å². The summed E-state index contributed by atoms with van der Waals surface area (Å²) in [5.74, 6) is -1.00. The third-order valence-electron chi connectivity index (χ3n) is 6.42. The Morgan fingerprint density at radius 3 is 2.38 bits per heavy atom. The van der Waals surface area contributed by atoms with Crippen molar-refractivity contribution >= 4 is 11.6 Å². The Labute approximate surface area is 186 Å². The van der Waals surface area contributed by atoms with Crippen molar-refractivity contribution in [3.63, 3.8) is 0 Å². The Hall–Kier alpha value is -3.25. The summed E-state index contributed by atoms with van der Waals surface area (Å²) in [6, 6.07) is 20.9. The molecule has 4 nitrogen and oxygen atoms in total. The van der Waals surface area contributed by atoms with Crippen LogP contribution in [0.1, 0.15) is 40.5 Å². The number of piperidine rings is 1. The van der Waals surface area contributed by atoms with E-state index in [1.165, 1.54) is 29.8 Å². The Kier molecular flexibility index (Phi) is 5.62. The Balaban J connectivity index is 1.41. The van der Waals surface area contributed by atoms with Crippen molar-refractivity contribution in [2.24, 2.45) is 0 Å². The first-order chi connectivity index (χ1) is 15.6. The number of rotatable bonds is 4. The van der Waals surface area contributed by atoms with E-state index in [0.29, 0.717) is 16.8 Å². The first-order valence-electron chi connectivity index (χ1n) is 11.0. The van der Waals surface area contributed by atoms with E-state index in [2.05, 4.69) is 22.3 Å². The fourth-order valence-corrected chi connectivity index (χ4v) is 4.79. The highest BCUT2D eigenvalue weighted by atomic mass is 19.1. The van der Waals surface area contributed by atoms with Gasteiger partial charge in [0.05, 0.1) is 11.3 Å². The van der Waals surface area contributed by atoms with E-state index in [1.54, 1.807) is 23.1 Å². The molecule has 1 N–H and O–H groups in total. The lowest BCUT2D eigenvalue weighted by Crippen LogP contribution is -2.52. The van der Waals surface area contributed by atoms with Gasteiger partial charge in [-0.25, -0.2) is 8.78 Å². The lowest BCUT2D eigenvalue weighted by molar-refractivity contribution is 0.0440. The molecule has 1 unspecified atom stereocenters. The number of fused-ring (bicyclic) bond motifs is 1. The summed E-state index contributed by atoms with van der Waals surface area (Å²) >= 11 is 0. The second-order valence-corrected chi connectivity index (χ2v) is 8.46. The highest BCUT2D eigenvalue weighted by Gasteiger charge is 2.39. The van der Waals surface area contributed by atoms with Crippen LogP contribution in [0.15, 0.2) is 72.8 Å². The number of amides is 1. The van der Waals surface area contributed by atoms with Gasteiger partial charge in [-0.3, -0.25) is 9.69 Å². The lowest BCUT2D eigenvalue weighted by Gasteiger charge is -2.45. The van der Waals surface area contributed by atoms with Crippen LogP contribution >= 0.6 is 0 Å². The first-order valence-corrected chi connectivity index (χ1v) is 11.0.